The predicted molar refractivity (Wildman–Crippen MR) is 156 cm³/mol. The first kappa shape index (κ1) is 29.6. The number of nitrogens with zero attached hydrogens (tertiary/aromatic N) is 4. The number of rotatable bonds is 8. The number of amides is 1. The molecule has 9 heteroatoms. The zero-order chi connectivity index (χ0) is 28.8. The Morgan fingerprint density at radius 2 is 1.66 bits per heavy atom. The van der Waals surface area contributed by atoms with Crippen LogP contribution in [0.5, 0.6) is 0 Å². The Kier molecular flexibility index (Phi) is 9.65. The molecule has 0 spiro atoms. The third-order valence-electron chi connectivity index (χ3n) is 8.97. The van der Waals surface area contributed by atoms with E-state index in [1.807, 2.05) is 23.2 Å². The van der Waals surface area contributed by atoms with Gasteiger partial charge < -0.3 is 20.0 Å². The molecule has 2 aliphatic heterocycles. The molecule has 1 amide bonds. The van der Waals surface area contributed by atoms with Crippen LogP contribution in [0.15, 0.2) is 48.7 Å². The molecule has 2 aromatic rings. The minimum atomic E-state index is -4.38. The second kappa shape index (κ2) is 13.4. The Bertz CT molecular complexity index is 1150. The first-order chi connectivity index (χ1) is 19.7. The average Bonchev–Trinajstić information content (AvgIpc) is 3.52. The third kappa shape index (κ3) is 8.10. The maximum absolute atomic E-state index is 13.5. The van der Waals surface area contributed by atoms with Crippen molar-refractivity contribution in [3.05, 3.63) is 65.4 Å². The number of piperidine rings is 2. The lowest BCUT2D eigenvalue weighted by Gasteiger charge is -2.40. The van der Waals surface area contributed by atoms with Crippen LogP contribution >= 0.6 is 0 Å². The molecule has 6 nitrogen and oxygen atoms in total. The van der Waals surface area contributed by atoms with Crippen LogP contribution in [0.1, 0.15) is 68.1 Å². The molecule has 0 bridgehead atoms. The zero-order valence-electron chi connectivity index (χ0n) is 24.0. The van der Waals surface area contributed by atoms with Gasteiger partial charge in [0.25, 0.3) is 0 Å². The minimum Gasteiger partial charge on any atom is -0.367 e. The van der Waals surface area contributed by atoms with E-state index in [0.29, 0.717) is 24.2 Å². The summed E-state index contributed by atoms with van der Waals surface area (Å²) in [6, 6.07) is 10.1. The van der Waals surface area contributed by atoms with Gasteiger partial charge in [0.15, 0.2) is 0 Å². The van der Waals surface area contributed by atoms with Gasteiger partial charge in [0.1, 0.15) is 5.82 Å². The Labute approximate surface area is 241 Å². The molecule has 0 radical (unpaired) electrons. The lowest BCUT2D eigenvalue weighted by Crippen LogP contribution is -2.48. The summed E-state index contributed by atoms with van der Waals surface area (Å²) in [5.41, 5.74) is 0.833. The number of aromatic nitrogens is 1. The van der Waals surface area contributed by atoms with Crippen LogP contribution in [-0.2, 0) is 17.5 Å². The standard InChI is InChI=1S/C32H42F3N5O/c1-38-18-14-27(15-19-38)37-30-12-8-25(22-36-30)23-40(29-16-20-39(21-17-29)28-4-2-3-5-28)31(41)13-9-24-6-10-26(11-7-24)32(33,34)35/h6-13,22,27-29H,2-5,14-21,23H2,1H3,(H,36,37)/b13-9+. The molecule has 41 heavy (non-hydrogen) atoms. The summed E-state index contributed by atoms with van der Waals surface area (Å²) >= 11 is 0. The Morgan fingerprint density at radius 3 is 2.27 bits per heavy atom. The quantitative estimate of drug-likeness (QED) is 0.392. The van der Waals surface area contributed by atoms with E-state index in [1.54, 1.807) is 6.08 Å². The summed E-state index contributed by atoms with van der Waals surface area (Å²) < 4.78 is 38.8. The Morgan fingerprint density at radius 1 is 0.976 bits per heavy atom. The lowest BCUT2D eigenvalue weighted by atomic mass is 10.00. The molecule has 0 unspecified atom stereocenters. The first-order valence-corrected chi connectivity index (χ1v) is 15.0. The highest BCUT2D eigenvalue weighted by atomic mass is 19.4. The molecule has 3 fully saturated rings. The average molecular weight is 570 g/mol. The van der Waals surface area contributed by atoms with Crippen LogP contribution in [0.2, 0.25) is 0 Å². The topological polar surface area (TPSA) is 51.7 Å². The van der Waals surface area contributed by atoms with Crippen LogP contribution in [-0.4, -0.2) is 76.9 Å². The highest BCUT2D eigenvalue weighted by Gasteiger charge is 2.32. The number of alkyl halides is 3. The maximum atomic E-state index is 13.5. The van der Waals surface area contributed by atoms with Gasteiger partial charge in [-0.1, -0.05) is 31.0 Å². The number of likely N-dealkylation sites (tertiary alicyclic amines) is 2. The fourth-order valence-electron chi connectivity index (χ4n) is 6.43. The number of halogens is 3. The summed E-state index contributed by atoms with van der Waals surface area (Å²) in [5.74, 6) is 0.728. The predicted octanol–water partition coefficient (Wildman–Crippen LogP) is 6.06. The van der Waals surface area contributed by atoms with Gasteiger partial charge in [0, 0.05) is 50.0 Å². The van der Waals surface area contributed by atoms with Crippen LogP contribution in [0.4, 0.5) is 19.0 Å². The molecule has 1 N–H and O–H groups in total. The monoisotopic (exact) mass is 569 g/mol. The Hall–Kier alpha value is -2.91. The van der Waals surface area contributed by atoms with E-state index in [0.717, 1.165) is 75.4 Å². The van der Waals surface area contributed by atoms with Gasteiger partial charge in [-0.05, 0) is 94.1 Å². The fourth-order valence-corrected chi connectivity index (χ4v) is 6.43. The van der Waals surface area contributed by atoms with Crippen molar-refractivity contribution in [1.29, 1.82) is 0 Å². The summed E-state index contributed by atoms with van der Waals surface area (Å²) in [4.78, 5) is 25.1. The molecule has 1 aliphatic carbocycles. The molecule has 222 valence electrons. The zero-order valence-corrected chi connectivity index (χ0v) is 24.0. The van der Waals surface area contributed by atoms with Gasteiger partial charge in [0.2, 0.25) is 5.91 Å². The molecular weight excluding hydrogens is 527 g/mol. The van der Waals surface area contributed by atoms with E-state index in [9.17, 15) is 18.0 Å². The Balaban J connectivity index is 1.25. The van der Waals surface area contributed by atoms with Crippen LogP contribution in [0.25, 0.3) is 6.08 Å². The highest BCUT2D eigenvalue weighted by molar-refractivity contribution is 5.92. The number of carbonyl (C=O) groups excluding carboxylic acids is 1. The number of benzene rings is 1. The molecule has 1 saturated carbocycles. The fraction of sp³-hybridized carbons (Fsp3) is 0.562. The third-order valence-corrected chi connectivity index (χ3v) is 8.97. The van der Waals surface area contributed by atoms with Crippen molar-refractivity contribution in [1.82, 2.24) is 19.7 Å². The molecule has 5 rings (SSSR count). The van der Waals surface area contributed by atoms with Crippen molar-refractivity contribution < 1.29 is 18.0 Å². The lowest BCUT2D eigenvalue weighted by molar-refractivity contribution is -0.137. The number of pyridine rings is 1. The molecule has 2 saturated heterocycles. The number of hydrogen-bond donors (Lipinski definition) is 1. The van der Waals surface area contributed by atoms with Gasteiger partial charge in [-0.25, -0.2) is 4.98 Å². The van der Waals surface area contributed by atoms with Gasteiger partial charge in [-0.3, -0.25) is 4.79 Å². The van der Waals surface area contributed by atoms with E-state index in [1.165, 1.54) is 43.9 Å². The summed E-state index contributed by atoms with van der Waals surface area (Å²) in [5, 5.41) is 3.55. The second-order valence-corrected chi connectivity index (χ2v) is 11.9. The number of carbonyl (C=O) groups is 1. The van der Waals surface area contributed by atoms with Crippen molar-refractivity contribution >= 4 is 17.8 Å². The van der Waals surface area contributed by atoms with E-state index in [4.69, 9.17) is 0 Å². The number of nitrogens with one attached hydrogen (secondary N) is 1. The molecule has 3 aliphatic rings. The van der Waals surface area contributed by atoms with Gasteiger partial charge in [-0.15, -0.1) is 0 Å². The molecule has 3 heterocycles. The van der Waals surface area contributed by atoms with E-state index in [-0.39, 0.29) is 11.9 Å². The summed E-state index contributed by atoms with van der Waals surface area (Å²) in [6.07, 6.45) is 9.74. The van der Waals surface area contributed by atoms with Crippen molar-refractivity contribution in [3.8, 4) is 0 Å². The largest absolute Gasteiger partial charge is 0.416 e. The summed E-state index contributed by atoms with van der Waals surface area (Å²) in [7, 11) is 2.15. The minimum absolute atomic E-state index is 0.106. The van der Waals surface area contributed by atoms with Gasteiger partial charge >= 0.3 is 6.18 Å². The van der Waals surface area contributed by atoms with Crippen molar-refractivity contribution in [2.24, 2.45) is 0 Å². The molecule has 1 aromatic carbocycles. The normalized spacial score (nSPS) is 20.6. The van der Waals surface area contributed by atoms with Crippen molar-refractivity contribution in [3.63, 3.8) is 0 Å². The highest BCUT2D eigenvalue weighted by Crippen LogP contribution is 2.30. The number of anilines is 1. The van der Waals surface area contributed by atoms with E-state index < -0.39 is 11.7 Å². The van der Waals surface area contributed by atoms with Crippen LogP contribution < -0.4 is 5.32 Å². The van der Waals surface area contributed by atoms with Crippen molar-refractivity contribution in [2.45, 2.75) is 82.2 Å². The van der Waals surface area contributed by atoms with Crippen LogP contribution in [0.3, 0.4) is 0 Å². The molecule has 1 aromatic heterocycles. The van der Waals surface area contributed by atoms with Crippen molar-refractivity contribution in [2.75, 3.05) is 38.5 Å². The number of hydrogen-bond acceptors (Lipinski definition) is 5. The first-order valence-electron chi connectivity index (χ1n) is 15.0. The smallest absolute Gasteiger partial charge is 0.367 e. The maximum Gasteiger partial charge on any atom is 0.416 e. The van der Waals surface area contributed by atoms with E-state index >= 15 is 0 Å². The van der Waals surface area contributed by atoms with Gasteiger partial charge in [0.05, 0.1) is 5.56 Å². The van der Waals surface area contributed by atoms with Gasteiger partial charge in [-0.2, -0.15) is 13.2 Å². The van der Waals surface area contributed by atoms with E-state index in [2.05, 4.69) is 27.1 Å². The second-order valence-electron chi connectivity index (χ2n) is 11.9. The molecule has 0 atom stereocenters. The molecular formula is C32H42F3N5O. The van der Waals surface area contributed by atoms with Crippen LogP contribution in [0, 0.1) is 0 Å². The SMILES string of the molecule is CN1CCC(Nc2ccc(CN(C(=O)/C=C/c3ccc(C(F)(F)F)cc3)C3CCN(C4CCCC4)CC3)cn2)CC1. The summed E-state index contributed by atoms with van der Waals surface area (Å²) in [6.45, 7) is 4.57.